The minimum Gasteiger partial charge on any atom is -0.310 e. The second-order valence-electron chi connectivity index (χ2n) is 6.55. The van der Waals surface area contributed by atoms with Crippen LogP contribution in [0, 0.1) is 0 Å². The molecule has 0 saturated carbocycles. The molecular formula is C17H24N4S. The first-order valence-corrected chi connectivity index (χ1v) is 9.51. The van der Waals surface area contributed by atoms with Gasteiger partial charge in [0.1, 0.15) is 11.3 Å². The summed E-state index contributed by atoms with van der Waals surface area (Å²) in [7, 11) is 2.24. The summed E-state index contributed by atoms with van der Waals surface area (Å²) in [5, 5.41) is 0.729. The third-order valence-corrected chi connectivity index (χ3v) is 6.39. The number of imidazole rings is 1. The van der Waals surface area contributed by atoms with Crippen LogP contribution in [0.2, 0.25) is 0 Å². The molecule has 5 heteroatoms. The molecule has 0 aliphatic carbocycles. The summed E-state index contributed by atoms with van der Waals surface area (Å²) in [5.41, 5.74) is 2.13. The normalized spacial score (nSPS) is 26.8. The largest absolute Gasteiger partial charge is 0.310 e. The van der Waals surface area contributed by atoms with Gasteiger partial charge in [0.25, 0.3) is 0 Å². The van der Waals surface area contributed by atoms with E-state index < -0.39 is 0 Å². The predicted octanol–water partition coefficient (Wildman–Crippen LogP) is 3.48. The number of hydrogen-bond donors (Lipinski definition) is 0. The van der Waals surface area contributed by atoms with Crippen molar-refractivity contribution in [2.24, 2.45) is 0 Å². The van der Waals surface area contributed by atoms with Gasteiger partial charge in [0.05, 0.1) is 6.04 Å². The van der Waals surface area contributed by atoms with E-state index in [1.54, 1.807) is 0 Å². The van der Waals surface area contributed by atoms with E-state index >= 15 is 0 Å². The Bertz CT molecular complexity index is 647. The Hall–Kier alpha value is -1.07. The minimum absolute atomic E-state index is 0.453. The zero-order valence-corrected chi connectivity index (χ0v) is 14.1. The first kappa shape index (κ1) is 14.5. The van der Waals surface area contributed by atoms with Gasteiger partial charge in [0.2, 0.25) is 0 Å². The van der Waals surface area contributed by atoms with Crippen LogP contribution in [0.1, 0.15) is 44.0 Å². The summed E-state index contributed by atoms with van der Waals surface area (Å²) in [4.78, 5) is 12.1. The molecule has 2 fully saturated rings. The fraction of sp³-hybridized carbons (Fsp3) is 0.647. The van der Waals surface area contributed by atoms with E-state index in [1.807, 2.05) is 12.3 Å². The second kappa shape index (κ2) is 6.20. The van der Waals surface area contributed by atoms with E-state index in [0.29, 0.717) is 6.04 Å². The van der Waals surface area contributed by atoms with Crippen molar-refractivity contribution in [2.45, 2.75) is 49.9 Å². The van der Waals surface area contributed by atoms with Gasteiger partial charge in [-0.25, -0.2) is 9.97 Å². The molecular weight excluding hydrogens is 292 g/mol. The molecule has 4 rings (SSSR count). The van der Waals surface area contributed by atoms with Gasteiger partial charge in [-0.2, -0.15) is 11.8 Å². The summed E-state index contributed by atoms with van der Waals surface area (Å²) in [6.07, 6.45) is 8.42. The highest BCUT2D eigenvalue weighted by atomic mass is 32.2. The fourth-order valence-electron chi connectivity index (χ4n) is 3.80. The van der Waals surface area contributed by atoms with Crippen LogP contribution in [0.15, 0.2) is 18.3 Å². The molecule has 2 aromatic rings. The van der Waals surface area contributed by atoms with Crippen LogP contribution in [-0.4, -0.2) is 44.0 Å². The van der Waals surface area contributed by atoms with E-state index in [2.05, 4.69) is 39.3 Å². The zero-order valence-electron chi connectivity index (χ0n) is 13.2. The van der Waals surface area contributed by atoms with Crippen molar-refractivity contribution in [1.29, 1.82) is 0 Å². The van der Waals surface area contributed by atoms with Crippen LogP contribution < -0.4 is 0 Å². The second-order valence-corrected chi connectivity index (χ2v) is 7.96. The van der Waals surface area contributed by atoms with Gasteiger partial charge in [-0.15, -0.1) is 0 Å². The molecule has 0 N–H and O–H groups in total. The third kappa shape index (κ3) is 2.65. The van der Waals surface area contributed by atoms with Crippen LogP contribution in [0.3, 0.4) is 0 Å². The Kier molecular flexibility index (Phi) is 4.09. The molecule has 2 unspecified atom stereocenters. The van der Waals surface area contributed by atoms with E-state index in [4.69, 9.17) is 4.98 Å². The average Bonchev–Trinajstić information content (AvgIpc) is 3.17. The highest BCUT2D eigenvalue weighted by Gasteiger charge is 2.28. The lowest BCUT2D eigenvalue weighted by molar-refractivity contribution is 0.176. The van der Waals surface area contributed by atoms with Gasteiger partial charge in [-0.3, -0.25) is 4.90 Å². The Morgan fingerprint density at radius 3 is 3.05 bits per heavy atom. The molecule has 4 nitrogen and oxygen atoms in total. The number of pyridine rings is 1. The number of likely N-dealkylation sites (tertiary alicyclic amines) is 1. The zero-order chi connectivity index (χ0) is 14.9. The van der Waals surface area contributed by atoms with Crippen molar-refractivity contribution in [3.63, 3.8) is 0 Å². The number of nitrogens with zero attached hydrogens (tertiary/aromatic N) is 4. The van der Waals surface area contributed by atoms with E-state index in [-0.39, 0.29) is 0 Å². The summed E-state index contributed by atoms with van der Waals surface area (Å²) in [5.74, 6) is 2.55. The molecule has 4 heterocycles. The molecule has 0 amide bonds. The summed E-state index contributed by atoms with van der Waals surface area (Å²) in [6, 6.07) is 4.56. The fourth-order valence-corrected chi connectivity index (χ4v) is 5.06. The minimum atomic E-state index is 0.453. The van der Waals surface area contributed by atoms with Crippen molar-refractivity contribution >= 4 is 22.9 Å². The van der Waals surface area contributed by atoms with Crippen molar-refractivity contribution < 1.29 is 0 Å². The molecule has 0 bridgehead atoms. The van der Waals surface area contributed by atoms with Gasteiger partial charge < -0.3 is 4.57 Å². The van der Waals surface area contributed by atoms with Crippen LogP contribution in [0.4, 0.5) is 0 Å². The number of hydrogen-bond acceptors (Lipinski definition) is 4. The van der Waals surface area contributed by atoms with Crippen LogP contribution in [-0.2, 0) is 6.54 Å². The van der Waals surface area contributed by atoms with Gasteiger partial charge in [0.15, 0.2) is 5.65 Å². The number of aromatic nitrogens is 3. The summed E-state index contributed by atoms with van der Waals surface area (Å²) >= 11 is 2.12. The van der Waals surface area contributed by atoms with Gasteiger partial charge in [-0.05, 0) is 57.2 Å². The monoisotopic (exact) mass is 316 g/mol. The van der Waals surface area contributed by atoms with Crippen molar-refractivity contribution in [3.8, 4) is 0 Å². The first-order chi connectivity index (χ1) is 10.8. The van der Waals surface area contributed by atoms with Crippen LogP contribution in [0.5, 0.6) is 0 Å². The Balaban J connectivity index is 1.74. The summed E-state index contributed by atoms with van der Waals surface area (Å²) in [6.45, 7) is 2.25. The number of piperidine rings is 1. The maximum atomic E-state index is 4.98. The first-order valence-electron chi connectivity index (χ1n) is 8.46. The highest BCUT2D eigenvalue weighted by molar-refractivity contribution is 8.00. The molecule has 2 aliphatic rings. The molecule has 2 aromatic heterocycles. The number of rotatable bonds is 3. The van der Waals surface area contributed by atoms with Crippen LogP contribution in [0.25, 0.3) is 11.2 Å². The smallest absolute Gasteiger partial charge is 0.160 e. The maximum Gasteiger partial charge on any atom is 0.160 e. The molecule has 2 atom stereocenters. The molecule has 0 radical (unpaired) electrons. The Labute approximate surface area is 136 Å². The SMILES string of the molecule is CN1CCCCC1c1nc2cccnc2n1CC1CCCS1. The van der Waals surface area contributed by atoms with E-state index in [0.717, 1.165) is 23.0 Å². The van der Waals surface area contributed by atoms with Crippen LogP contribution >= 0.6 is 11.8 Å². The van der Waals surface area contributed by atoms with E-state index in [9.17, 15) is 0 Å². The molecule has 22 heavy (non-hydrogen) atoms. The van der Waals surface area contributed by atoms with Crippen molar-refractivity contribution in [3.05, 3.63) is 24.2 Å². The lowest BCUT2D eigenvalue weighted by Gasteiger charge is -2.32. The lowest BCUT2D eigenvalue weighted by atomic mass is 10.0. The number of thioether (sulfide) groups is 1. The van der Waals surface area contributed by atoms with Crippen molar-refractivity contribution in [2.75, 3.05) is 19.3 Å². The van der Waals surface area contributed by atoms with Gasteiger partial charge in [-0.1, -0.05) is 6.42 Å². The standard InChI is InChI=1S/C17H24N4S/c1-20-10-3-2-8-15(20)17-19-14-7-4-9-18-16(14)21(17)12-13-6-5-11-22-13/h4,7,9,13,15H,2-3,5-6,8,10-12H2,1H3. The topological polar surface area (TPSA) is 34.0 Å². The lowest BCUT2D eigenvalue weighted by Crippen LogP contribution is -2.32. The van der Waals surface area contributed by atoms with Crippen molar-refractivity contribution in [1.82, 2.24) is 19.4 Å². The number of fused-ring (bicyclic) bond motifs is 1. The molecule has 2 aliphatic heterocycles. The Morgan fingerprint density at radius 2 is 2.23 bits per heavy atom. The highest BCUT2D eigenvalue weighted by Crippen LogP contribution is 2.33. The van der Waals surface area contributed by atoms with Gasteiger partial charge >= 0.3 is 0 Å². The van der Waals surface area contributed by atoms with E-state index in [1.165, 1.54) is 50.2 Å². The predicted molar refractivity (Wildman–Crippen MR) is 92.2 cm³/mol. The molecule has 0 aromatic carbocycles. The molecule has 0 spiro atoms. The quantitative estimate of drug-likeness (QED) is 0.868. The Morgan fingerprint density at radius 1 is 1.27 bits per heavy atom. The third-order valence-electron chi connectivity index (χ3n) is 5.01. The van der Waals surface area contributed by atoms with Gasteiger partial charge in [0, 0.05) is 18.0 Å². The summed E-state index contributed by atoms with van der Waals surface area (Å²) < 4.78 is 2.42. The molecule has 2 saturated heterocycles. The molecule has 118 valence electrons. The average molecular weight is 316 g/mol. The maximum absolute atomic E-state index is 4.98.